The van der Waals surface area contributed by atoms with E-state index in [2.05, 4.69) is 16.4 Å². The number of hydrogen-bond acceptors (Lipinski definition) is 4. The van der Waals surface area contributed by atoms with Crippen LogP contribution in [0.5, 0.6) is 0 Å². The van der Waals surface area contributed by atoms with Crippen molar-refractivity contribution < 1.29 is 4.39 Å². The highest BCUT2D eigenvalue weighted by Crippen LogP contribution is 2.30. The van der Waals surface area contributed by atoms with Crippen LogP contribution in [0.1, 0.15) is 11.1 Å². The SMILES string of the molecule is Cc1ccc2nc(Nc3ccc(F)cc3C#N)sc2c1. The van der Waals surface area contributed by atoms with Crippen molar-refractivity contribution in [3.05, 3.63) is 53.3 Å². The van der Waals surface area contributed by atoms with Crippen molar-refractivity contribution in [3.8, 4) is 6.07 Å². The summed E-state index contributed by atoms with van der Waals surface area (Å²) in [6.07, 6.45) is 0. The number of benzene rings is 2. The molecule has 0 saturated carbocycles. The zero-order valence-corrected chi connectivity index (χ0v) is 11.5. The Labute approximate surface area is 119 Å². The molecule has 3 rings (SSSR count). The first-order chi connectivity index (χ1) is 9.65. The molecular weight excluding hydrogens is 273 g/mol. The van der Waals surface area contributed by atoms with Crippen LogP contribution in [0.3, 0.4) is 0 Å². The molecule has 0 spiro atoms. The van der Waals surface area contributed by atoms with Crippen LogP contribution in [-0.4, -0.2) is 4.98 Å². The van der Waals surface area contributed by atoms with Gasteiger partial charge in [0.25, 0.3) is 0 Å². The third kappa shape index (κ3) is 2.33. The van der Waals surface area contributed by atoms with Gasteiger partial charge in [-0.3, -0.25) is 0 Å². The minimum atomic E-state index is -0.424. The lowest BCUT2D eigenvalue weighted by Gasteiger charge is -2.04. The van der Waals surface area contributed by atoms with Gasteiger partial charge >= 0.3 is 0 Å². The lowest BCUT2D eigenvalue weighted by atomic mass is 10.2. The molecule has 0 amide bonds. The Bertz CT molecular complexity index is 833. The lowest BCUT2D eigenvalue weighted by Crippen LogP contribution is -1.93. The molecule has 0 unspecified atom stereocenters. The molecule has 1 heterocycles. The molecular formula is C15H10FN3S. The highest BCUT2D eigenvalue weighted by molar-refractivity contribution is 7.22. The zero-order valence-electron chi connectivity index (χ0n) is 10.6. The number of aromatic nitrogens is 1. The van der Waals surface area contributed by atoms with Crippen molar-refractivity contribution >= 4 is 32.4 Å². The average molecular weight is 283 g/mol. The smallest absolute Gasteiger partial charge is 0.188 e. The van der Waals surface area contributed by atoms with Gasteiger partial charge in [-0.05, 0) is 42.8 Å². The predicted molar refractivity (Wildman–Crippen MR) is 78.8 cm³/mol. The summed E-state index contributed by atoms with van der Waals surface area (Å²) in [5, 5.41) is 12.8. The van der Waals surface area contributed by atoms with Gasteiger partial charge in [-0.2, -0.15) is 5.26 Å². The highest BCUT2D eigenvalue weighted by Gasteiger charge is 2.08. The fourth-order valence-electron chi connectivity index (χ4n) is 1.92. The first kappa shape index (κ1) is 12.6. The van der Waals surface area contributed by atoms with E-state index in [4.69, 9.17) is 5.26 Å². The van der Waals surface area contributed by atoms with Crippen LogP contribution in [-0.2, 0) is 0 Å². The summed E-state index contributed by atoms with van der Waals surface area (Å²) in [6.45, 7) is 2.03. The second-order valence-corrected chi connectivity index (χ2v) is 5.45. The molecule has 0 aliphatic heterocycles. The van der Waals surface area contributed by atoms with Gasteiger partial charge in [0.2, 0.25) is 0 Å². The minimum absolute atomic E-state index is 0.264. The van der Waals surface area contributed by atoms with Gasteiger partial charge in [0.15, 0.2) is 5.13 Å². The first-order valence-electron chi connectivity index (χ1n) is 5.99. The largest absolute Gasteiger partial charge is 0.330 e. The normalized spacial score (nSPS) is 10.4. The zero-order chi connectivity index (χ0) is 14.1. The van der Waals surface area contributed by atoms with Gasteiger partial charge in [-0.1, -0.05) is 17.4 Å². The number of thiazole rings is 1. The van der Waals surface area contributed by atoms with Crippen molar-refractivity contribution in [3.63, 3.8) is 0 Å². The van der Waals surface area contributed by atoms with Crippen LogP contribution < -0.4 is 5.32 Å². The number of anilines is 2. The molecule has 0 bridgehead atoms. The molecule has 2 aromatic carbocycles. The van der Waals surface area contributed by atoms with Gasteiger partial charge < -0.3 is 5.32 Å². The lowest BCUT2D eigenvalue weighted by molar-refractivity contribution is 0.627. The third-order valence-corrected chi connectivity index (χ3v) is 3.82. The molecule has 0 saturated heterocycles. The number of aryl methyl sites for hydroxylation is 1. The molecule has 0 aliphatic rings. The van der Waals surface area contributed by atoms with E-state index in [0.29, 0.717) is 10.8 Å². The minimum Gasteiger partial charge on any atom is -0.330 e. The standard InChI is InChI=1S/C15H10FN3S/c1-9-2-4-13-14(6-9)20-15(19-13)18-12-5-3-11(16)7-10(12)8-17/h2-7H,1H3,(H,18,19). The number of nitrogens with one attached hydrogen (secondary N) is 1. The maximum absolute atomic E-state index is 13.1. The number of hydrogen-bond donors (Lipinski definition) is 1. The third-order valence-electron chi connectivity index (χ3n) is 2.89. The van der Waals surface area contributed by atoms with E-state index in [1.54, 1.807) is 6.07 Å². The van der Waals surface area contributed by atoms with Gasteiger partial charge in [0.05, 0.1) is 21.5 Å². The number of nitriles is 1. The van der Waals surface area contributed by atoms with Gasteiger partial charge in [0.1, 0.15) is 11.9 Å². The molecule has 0 radical (unpaired) electrons. The summed E-state index contributed by atoms with van der Waals surface area (Å²) in [7, 11) is 0. The van der Waals surface area contributed by atoms with Crippen molar-refractivity contribution in [2.24, 2.45) is 0 Å². The van der Waals surface area contributed by atoms with Crippen molar-refractivity contribution in [1.82, 2.24) is 4.98 Å². The Morgan fingerprint density at radius 1 is 1.25 bits per heavy atom. The molecule has 98 valence electrons. The topological polar surface area (TPSA) is 48.7 Å². The number of nitrogens with zero attached hydrogens (tertiary/aromatic N) is 2. The fourth-order valence-corrected chi connectivity index (χ4v) is 2.89. The van der Waals surface area contributed by atoms with Crippen LogP contribution in [0, 0.1) is 24.1 Å². The summed E-state index contributed by atoms with van der Waals surface area (Å²) in [5.74, 6) is -0.424. The van der Waals surface area contributed by atoms with E-state index >= 15 is 0 Å². The summed E-state index contributed by atoms with van der Waals surface area (Å²) in [6, 6.07) is 12.1. The molecule has 3 aromatic rings. The average Bonchev–Trinajstić information content (AvgIpc) is 2.82. The number of halogens is 1. The molecule has 0 aliphatic carbocycles. The molecule has 20 heavy (non-hydrogen) atoms. The summed E-state index contributed by atoms with van der Waals surface area (Å²) < 4.78 is 14.2. The fraction of sp³-hybridized carbons (Fsp3) is 0.0667. The number of rotatable bonds is 2. The molecule has 0 atom stereocenters. The van der Waals surface area contributed by atoms with E-state index in [0.717, 1.165) is 10.2 Å². The van der Waals surface area contributed by atoms with Gasteiger partial charge in [-0.25, -0.2) is 9.37 Å². The molecule has 3 nitrogen and oxygen atoms in total. The van der Waals surface area contributed by atoms with Crippen molar-refractivity contribution in [2.75, 3.05) is 5.32 Å². The van der Waals surface area contributed by atoms with Crippen LogP contribution in [0.15, 0.2) is 36.4 Å². The van der Waals surface area contributed by atoms with Crippen LogP contribution in [0.2, 0.25) is 0 Å². The monoisotopic (exact) mass is 283 g/mol. The molecule has 5 heteroatoms. The van der Waals surface area contributed by atoms with Crippen molar-refractivity contribution in [1.29, 1.82) is 5.26 Å². The Morgan fingerprint density at radius 2 is 2.10 bits per heavy atom. The molecule has 1 N–H and O–H groups in total. The Hall–Kier alpha value is -2.45. The first-order valence-corrected chi connectivity index (χ1v) is 6.81. The molecule has 0 fully saturated rings. The van der Waals surface area contributed by atoms with E-state index in [-0.39, 0.29) is 5.56 Å². The summed E-state index contributed by atoms with van der Waals surface area (Å²) in [5.41, 5.74) is 2.90. The van der Waals surface area contributed by atoms with Crippen LogP contribution in [0.4, 0.5) is 15.2 Å². The second-order valence-electron chi connectivity index (χ2n) is 4.42. The summed E-state index contributed by atoms with van der Waals surface area (Å²) in [4.78, 5) is 4.45. The highest BCUT2D eigenvalue weighted by atomic mass is 32.1. The van der Waals surface area contributed by atoms with Crippen LogP contribution in [0.25, 0.3) is 10.2 Å². The van der Waals surface area contributed by atoms with Gasteiger partial charge in [-0.15, -0.1) is 0 Å². The summed E-state index contributed by atoms with van der Waals surface area (Å²) >= 11 is 1.50. The second kappa shape index (κ2) is 4.91. The van der Waals surface area contributed by atoms with Crippen molar-refractivity contribution in [2.45, 2.75) is 6.92 Å². The van der Waals surface area contributed by atoms with E-state index in [9.17, 15) is 4.39 Å². The quantitative estimate of drug-likeness (QED) is 0.760. The van der Waals surface area contributed by atoms with Crippen LogP contribution >= 0.6 is 11.3 Å². The number of fused-ring (bicyclic) bond motifs is 1. The maximum Gasteiger partial charge on any atom is 0.188 e. The van der Waals surface area contributed by atoms with E-state index in [1.807, 2.05) is 25.1 Å². The predicted octanol–water partition coefficient (Wildman–Crippen LogP) is 4.36. The van der Waals surface area contributed by atoms with E-state index < -0.39 is 5.82 Å². The Balaban J connectivity index is 1.99. The molecule has 1 aromatic heterocycles. The maximum atomic E-state index is 13.1. The van der Waals surface area contributed by atoms with E-state index in [1.165, 1.54) is 29.0 Å². The van der Waals surface area contributed by atoms with Gasteiger partial charge in [0, 0.05) is 0 Å². The Morgan fingerprint density at radius 3 is 2.90 bits per heavy atom. The Kier molecular flexibility index (Phi) is 3.09.